The molecule has 4 N–H and O–H groups in total. The minimum Gasteiger partial charge on any atom is -0.368 e. The number of nitrogens with one attached hydrogen (secondary N) is 2. The summed E-state index contributed by atoms with van der Waals surface area (Å²) in [6.45, 7) is 3.67. The van der Waals surface area contributed by atoms with Gasteiger partial charge in [-0.1, -0.05) is 25.3 Å². The molecule has 0 aromatic heterocycles. The van der Waals surface area contributed by atoms with E-state index >= 15 is 0 Å². The molecule has 1 fully saturated rings. The number of allylic oxidation sites excluding steroid dienone is 1. The Morgan fingerprint density at radius 1 is 1.38 bits per heavy atom. The molecule has 1 heterocycles. The first-order chi connectivity index (χ1) is 10.0. The Labute approximate surface area is 125 Å². The van der Waals surface area contributed by atoms with Crippen LogP contribution in [-0.2, 0) is 14.4 Å². The normalized spacial score (nSPS) is 18.9. The first-order valence-electron chi connectivity index (χ1n) is 7.54. The van der Waals surface area contributed by atoms with Crippen molar-refractivity contribution >= 4 is 17.7 Å². The summed E-state index contributed by atoms with van der Waals surface area (Å²) in [5, 5.41) is 5.21. The van der Waals surface area contributed by atoms with Gasteiger partial charge in [0.2, 0.25) is 17.7 Å². The average molecular weight is 295 g/mol. The van der Waals surface area contributed by atoms with Crippen molar-refractivity contribution in [2.75, 3.05) is 0 Å². The fourth-order valence-electron chi connectivity index (χ4n) is 2.36. The van der Waals surface area contributed by atoms with E-state index in [0.29, 0.717) is 19.3 Å². The lowest BCUT2D eigenvalue weighted by Gasteiger charge is -2.18. The van der Waals surface area contributed by atoms with Crippen LogP contribution in [0.5, 0.6) is 0 Å². The highest BCUT2D eigenvalue weighted by Gasteiger charge is 2.29. The number of hydrogen-bond donors (Lipinski definition) is 3. The zero-order valence-electron chi connectivity index (χ0n) is 12.4. The second kappa shape index (κ2) is 9.15. The highest BCUT2D eigenvalue weighted by molar-refractivity contribution is 5.93. The number of hydrogen-bond acceptors (Lipinski definition) is 3. The molecule has 2 atom stereocenters. The maximum atomic E-state index is 11.9. The number of primary amides is 1. The lowest BCUT2D eigenvalue weighted by atomic mass is 10.1. The van der Waals surface area contributed by atoms with Crippen LogP contribution in [0.4, 0.5) is 0 Å². The van der Waals surface area contributed by atoms with Crippen molar-refractivity contribution < 1.29 is 14.4 Å². The summed E-state index contributed by atoms with van der Waals surface area (Å²) in [4.78, 5) is 34.4. The van der Waals surface area contributed by atoms with Crippen LogP contribution >= 0.6 is 0 Å². The fourth-order valence-corrected chi connectivity index (χ4v) is 2.36. The van der Waals surface area contributed by atoms with E-state index in [9.17, 15) is 14.4 Å². The van der Waals surface area contributed by atoms with Crippen molar-refractivity contribution in [2.24, 2.45) is 5.73 Å². The first kappa shape index (κ1) is 17.2. The number of amides is 3. The highest BCUT2D eigenvalue weighted by Crippen LogP contribution is 2.10. The molecular weight excluding hydrogens is 270 g/mol. The van der Waals surface area contributed by atoms with Crippen molar-refractivity contribution in [3.63, 3.8) is 0 Å². The van der Waals surface area contributed by atoms with E-state index in [1.54, 1.807) is 0 Å². The first-order valence-corrected chi connectivity index (χ1v) is 7.54. The van der Waals surface area contributed by atoms with Crippen LogP contribution in [0, 0.1) is 0 Å². The summed E-state index contributed by atoms with van der Waals surface area (Å²) in [6, 6.07) is -1.19. The van der Waals surface area contributed by atoms with Crippen molar-refractivity contribution in [1.82, 2.24) is 10.6 Å². The minimum atomic E-state index is -0.658. The van der Waals surface area contributed by atoms with Crippen LogP contribution in [0.1, 0.15) is 51.4 Å². The van der Waals surface area contributed by atoms with Crippen molar-refractivity contribution in [3.05, 3.63) is 12.7 Å². The number of unbranched alkanes of at least 4 members (excludes halogenated alkanes) is 4. The van der Waals surface area contributed by atoms with E-state index in [1.165, 1.54) is 0 Å². The SMILES string of the molecule is C=CCCCCCC[C@H](NC(=O)[C@@H]1CCC(=O)N1)C(N)=O. The van der Waals surface area contributed by atoms with Crippen molar-refractivity contribution in [3.8, 4) is 0 Å². The summed E-state index contributed by atoms with van der Waals surface area (Å²) in [5.41, 5.74) is 5.32. The van der Waals surface area contributed by atoms with E-state index in [0.717, 1.165) is 32.1 Å². The molecule has 6 heteroatoms. The van der Waals surface area contributed by atoms with Gasteiger partial charge in [-0.25, -0.2) is 0 Å². The summed E-state index contributed by atoms with van der Waals surface area (Å²) < 4.78 is 0. The predicted molar refractivity (Wildman–Crippen MR) is 80.2 cm³/mol. The molecular formula is C15H25N3O3. The smallest absolute Gasteiger partial charge is 0.243 e. The third-order valence-corrected chi connectivity index (χ3v) is 3.62. The second-order valence-corrected chi connectivity index (χ2v) is 5.40. The van der Waals surface area contributed by atoms with Gasteiger partial charge in [-0.15, -0.1) is 6.58 Å². The van der Waals surface area contributed by atoms with E-state index in [-0.39, 0.29) is 11.8 Å². The van der Waals surface area contributed by atoms with Gasteiger partial charge in [0.1, 0.15) is 12.1 Å². The molecule has 6 nitrogen and oxygen atoms in total. The maximum absolute atomic E-state index is 11.9. The van der Waals surface area contributed by atoms with Gasteiger partial charge in [0.25, 0.3) is 0 Å². The van der Waals surface area contributed by atoms with Crippen molar-refractivity contribution in [1.29, 1.82) is 0 Å². The van der Waals surface area contributed by atoms with Gasteiger partial charge in [-0.2, -0.15) is 0 Å². The van der Waals surface area contributed by atoms with Gasteiger partial charge < -0.3 is 16.4 Å². The molecule has 1 aliphatic heterocycles. The average Bonchev–Trinajstić information content (AvgIpc) is 2.87. The lowest BCUT2D eigenvalue weighted by molar-refractivity contribution is -0.129. The lowest BCUT2D eigenvalue weighted by Crippen LogP contribution is -2.50. The Morgan fingerprint density at radius 2 is 2.10 bits per heavy atom. The largest absolute Gasteiger partial charge is 0.368 e. The van der Waals surface area contributed by atoms with Gasteiger partial charge in [0.15, 0.2) is 0 Å². The molecule has 3 amide bonds. The Hall–Kier alpha value is -1.85. The van der Waals surface area contributed by atoms with Gasteiger partial charge in [-0.05, 0) is 25.7 Å². The molecule has 0 unspecified atom stereocenters. The van der Waals surface area contributed by atoms with Crippen LogP contribution in [0.25, 0.3) is 0 Å². The van der Waals surface area contributed by atoms with Gasteiger partial charge in [0.05, 0.1) is 0 Å². The Bertz CT molecular complexity index is 396. The maximum Gasteiger partial charge on any atom is 0.243 e. The molecule has 0 aromatic rings. The molecule has 0 saturated carbocycles. The molecule has 21 heavy (non-hydrogen) atoms. The zero-order chi connectivity index (χ0) is 15.7. The molecule has 1 saturated heterocycles. The molecule has 0 radical (unpaired) electrons. The third-order valence-electron chi connectivity index (χ3n) is 3.62. The Balaban J connectivity index is 2.29. The molecule has 118 valence electrons. The summed E-state index contributed by atoms with van der Waals surface area (Å²) in [6.07, 6.45) is 8.24. The quantitative estimate of drug-likeness (QED) is 0.409. The predicted octanol–water partition coefficient (Wildman–Crippen LogP) is 0.762. The van der Waals surface area contributed by atoms with E-state index in [2.05, 4.69) is 17.2 Å². The number of rotatable bonds is 10. The fraction of sp³-hybridized carbons (Fsp3) is 0.667. The molecule has 0 aromatic carbocycles. The second-order valence-electron chi connectivity index (χ2n) is 5.40. The highest BCUT2D eigenvalue weighted by atomic mass is 16.2. The zero-order valence-corrected chi connectivity index (χ0v) is 12.4. The monoisotopic (exact) mass is 295 g/mol. The van der Waals surface area contributed by atoms with Crippen LogP contribution in [0.15, 0.2) is 12.7 Å². The standard InChI is InChI=1S/C15H25N3O3/c1-2-3-4-5-6-7-8-11(14(16)20)18-15(21)12-9-10-13(19)17-12/h2,11-12H,1,3-10H2,(H2,16,20)(H,17,19)(H,18,21)/t11-,12-/m0/s1. The molecule has 0 bridgehead atoms. The van der Waals surface area contributed by atoms with Gasteiger partial charge >= 0.3 is 0 Å². The Kier molecular flexibility index (Phi) is 7.50. The van der Waals surface area contributed by atoms with Gasteiger partial charge in [0, 0.05) is 6.42 Å². The van der Waals surface area contributed by atoms with Crippen LogP contribution in [-0.4, -0.2) is 29.8 Å². The molecule has 1 aliphatic rings. The topological polar surface area (TPSA) is 101 Å². The minimum absolute atomic E-state index is 0.131. The number of carbonyl (C=O) groups excluding carboxylic acids is 3. The number of carbonyl (C=O) groups is 3. The van der Waals surface area contributed by atoms with Crippen LogP contribution in [0.3, 0.4) is 0 Å². The molecule has 0 spiro atoms. The van der Waals surface area contributed by atoms with Crippen LogP contribution < -0.4 is 16.4 Å². The van der Waals surface area contributed by atoms with E-state index in [1.807, 2.05) is 6.08 Å². The van der Waals surface area contributed by atoms with Gasteiger partial charge in [-0.3, -0.25) is 14.4 Å². The van der Waals surface area contributed by atoms with Crippen molar-refractivity contribution in [2.45, 2.75) is 63.5 Å². The number of nitrogens with two attached hydrogens (primary N) is 1. The molecule has 0 aliphatic carbocycles. The summed E-state index contributed by atoms with van der Waals surface area (Å²) in [7, 11) is 0. The van der Waals surface area contributed by atoms with E-state index in [4.69, 9.17) is 5.73 Å². The summed E-state index contributed by atoms with van der Waals surface area (Å²) >= 11 is 0. The Morgan fingerprint density at radius 3 is 2.67 bits per heavy atom. The summed E-state index contributed by atoms with van der Waals surface area (Å²) in [5.74, 6) is -0.983. The van der Waals surface area contributed by atoms with Crippen LogP contribution in [0.2, 0.25) is 0 Å². The third kappa shape index (κ3) is 6.42. The van der Waals surface area contributed by atoms with E-state index < -0.39 is 18.0 Å². The molecule has 1 rings (SSSR count).